The summed E-state index contributed by atoms with van der Waals surface area (Å²) in [6, 6.07) is 8.11. The van der Waals surface area contributed by atoms with Crippen molar-refractivity contribution < 1.29 is 0 Å². The number of halogens is 1. The number of nitrogens with two attached hydrogens (primary N) is 1. The molecule has 0 saturated heterocycles. The van der Waals surface area contributed by atoms with Crippen LogP contribution >= 0.6 is 11.6 Å². The van der Waals surface area contributed by atoms with E-state index in [0.29, 0.717) is 0 Å². The van der Waals surface area contributed by atoms with Gasteiger partial charge >= 0.3 is 0 Å². The lowest BCUT2D eigenvalue weighted by atomic mass is 9.84. The van der Waals surface area contributed by atoms with E-state index < -0.39 is 0 Å². The zero-order chi connectivity index (χ0) is 12.7. The van der Waals surface area contributed by atoms with E-state index in [9.17, 15) is 0 Å². The average Bonchev–Trinajstić information content (AvgIpc) is 2.29. The molecule has 0 aliphatic rings. The number of rotatable bonds is 7. The molecule has 0 aliphatic heterocycles. The Kier molecular flexibility index (Phi) is 5.96. The van der Waals surface area contributed by atoms with Gasteiger partial charge in [-0.25, -0.2) is 0 Å². The van der Waals surface area contributed by atoms with Crippen molar-refractivity contribution in [3.63, 3.8) is 0 Å². The maximum absolute atomic E-state index is 5.90. The van der Waals surface area contributed by atoms with Crippen LogP contribution in [-0.2, 0) is 5.41 Å². The second-order valence-electron chi connectivity index (χ2n) is 5.06. The summed E-state index contributed by atoms with van der Waals surface area (Å²) in [5, 5.41) is 4.28. The molecule has 0 fully saturated rings. The highest BCUT2D eigenvalue weighted by Crippen LogP contribution is 2.23. The molecule has 0 heterocycles. The summed E-state index contributed by atoms with van der Waals surface area (Å²) in [6.45, 7) is 7.27. The SMILES string of the molecule is CC(C)(CNCCCCN)c1ccc(Cl)cc1. The molecule has 0 unspecified atom stereocenters. The molecule has 0 saturated carbocycles. The maximum Gasteiger partial charge on any atom is 0.0406 e. The minimum Gasteiger partial charge on any atom is -0.330 e. The van der Waals surface area contributed by atoms with Crippen molar-refractivity contribution >= 4 is 11.6 Å². The van der Waals surface area contributed by atoms with E-state index in [1.54, 1.807) is 0 Å². The molecule has 17 heavy (non-hydrogen) atoms. The van der Waals surface area contributed by atoms with Crippen LogP contribution in [0.25, 0.3) is 0 Å². The summed E-state index contributed by atoms with van der Waals surface area (Å²) in [5.41, 5.74) is 6.91. The summed E-state index contributed by atoms with van der Waals surface area (Å²) in [7, 11) is 0. The van der Waals surface area contributed by atoms with Gasteiger partial charge in [-0.1, -0.05) is 37.6 Å². The molecule has 0 amide bonds. The van der Waals surface area contributed by atoms with Crippen molar-refractivity contribution in [1.29, 1.82) is 0 Å². The highest BCUT2D eigenvalue weighted by molar-refractivity contribution is 6.30. The van der Waals surface area contributed by atoms with E-state index >= 15 is 0 Å². The highest BCUT2D eigenvalue weighted by Gasteiger charge is 2.19. The predicted molar refractivity (Wildman–Crippen MR) is 75.6 cm³/mol. The minimum absolute atomic E-state index is 0.132. The quantitative estimate of drug-likeness (QED) is 0.735. The van der Waals surface area contributed by atoms with Gasteiger partial charge < -0.3 is 11.1 Å². The van der Waals surface area contributed by atoms with E-state index in [4.69, 9.17) is 17.3 Å². The Hall–Kier alpha value is -0.570. The first-order chi connectivity index (χ1) is 8.06. The van der Waals surface area contributed by atoms with Crippen LogP contribution in [0, 0.1) is 0 Å². The van der Waals surface area contributed by atoms with E-state index in [-0.39, 0.29) is 5.41 Å². The van der Waals surface area contributed by atoms with Crippen molar-refractivity contribution in [2.24, 2.45) is 5.73 Å². The predicted octanol–water partition coefficient (Wildman–Crippen LogP) is 2.95. The molecule has 1 aromatic carbocycles. The molecule has 0 atom stereocenters. The standard InChI is InChI=1S/C14H23ClN2/c1-14(2,11-17-10-4-3-9-16)12-5-7-13(15)8-6-12/h5-8,17H,3-4,9-11,16H2,1-2H3. The number of hydrogen-bond donors (Lipinski definition) is 2. The Bertz CT molecular complexity index is 319. The van der Waals surface area contributed by atoms with E-state index in [0.717, 1.165) is 37.5 Å². The molecular weight excluding hydrogens is 232 g/mol. The van der Waals surface area contributed by atoms with Crippen LogP contribution in [0.2, 0.25) is 5.02 Å². The molecule has 1 rings (SSSR count). The van der Waals surface area contributed by atoms with Crippen LogP contribution < -0.4 is 11.1 Å². The van der Waals surface area contributed by atoms with Crippen LogP contribution in [0.4, 0.5) is 0 Å². The second-order valence-corrected chi connectivity index (χ2v) is 5.50. The summed E-state index contributed by atoms with van der Waals surface area (Å²) in [5.74, 6) is 0. The van der Waals surface area contributed by atoms with E-state index in [1.165, 1.54) is 5.56 Å². The van der Waals surface area contributed by atoms with Gasteiger partial charge in [-0.15, -0.1) is 0 Å². The van der Waals surface area contributed by atoms with Gasteiger partial charge in [0.05, 0.1) is 0 Å². The third-order valence-electron chi connectivity index (χ3n) is 3.00. The van der Waals surface area contributed by atoms with Crippen LogP contribution in [0.5, 0.6) is 0 Å². The molecule has 3 N–H and O–H groups in total. The molecule has 96 valence electrons. The van der Waals surface area contributed by atoms with Crippen molar-refractivity contribution in [3.05, 3.63) is 34.9 Å². The summed E-state index contributed by atoms with van der Waals surface area (Å²) in [6.07, 6.45) is 2.24. The molecule has 3 heteroatoms. The van der Waals surface area contributed by atoms with Crippen LogP contribution in [0.3, 0.4) is 0 Å². The van der Waals surface area contributed by atoms with Crippen LogP contribution in [-0.4, -0.2) is 19.6 Å². The van der Waals surface area contributed by atoms with E-state index in [2.05, 4.69) is 31.3 Å². The van der Waals surface area contributed by atoms with Gasteiger partial charge in [0.2, 0.25) is 0 Å². The summed E-state index contributed by atoms with van der Waals surface area (Å²) >= 11 is 5.90. The highest BCUT2D eigenvalue weighted by atomic mass is 35.5. The lowest BCUT2D eigenvalue weighted by Gasteiger charge is -2.26. The first kappa shape index (κ1) is 14.5. The molecule has 0 radical (unpaired) electrons. The van der Waals surface area contributed by atoms with Gasteiger partial charge in [-0.2, -0.15) is 0 Å². The summed E-state index contributed by atoms with van der Waals surface area (Å²) < 4.78 is 0. The van der Waals surface area contributed by atoms with Crippen molar-refractivity contribution in [2.75, 3.05) is 19.6 Å². The molecular formula is C14H23ClN2. The Labute approximate surface area is 110 Å². The zero-order valence-electron chi connectivity index (χ0n) is 10.8. The zero-order valence-corrected chi connectivity index (χ0v) is 11.6. The lowest BCUT2D eigenvalue weighted by Crippen LogP contribution is -2.33. The van der Waals surface area contributed by atoms with Crippen LogP contribution in [0.15, 0.2) is 24.3 Å². The first-order valence-corrected chi connectivity index (χ1v) is 6.61. The molecule has 0 bridgehead atoms. The monoisotopic (exact) mass is 254 g/mol. The third kappa shape index (κ3) is 5.07. The van der Waals surface area contributed by atoms with Gasteiger partial charge in [0.1, 0.15) is 0 Å². The van der Waals surface area contributed by atoms with E-state index in [1.807, 2.05) is 12.1 Å². The Morgan fingerprint density at radius 1 is 1.18 bits per heavy atom. The Morgan fingerprint density at radius 2 is 1.82 bits per heavy atom. The fraction of sp³-hybridized carbons (Fsp3) is 0.571. The van der Waals surface area contributed by atoms with Gasteiger partial charge in [0.25, 0.3) is 0 Å². The molecule has 1 aromatic rings. The van der Waals surface area contributed by atoms with Crippen molar-refractivity contribution in [1.82, 2.24) is 5.32 Å². The second kappa shape index (κ2) is 7.00. The Morgan fingerprint density at radius 3 is 2.41 bits per heavy atom. The van der Waals surface area contributed by atoms with Crippen molar-refractivity contribution in [3.8, 4) is 0 Å². The first-order valence-electron chi connectivity index (χ1n) is 6.23. The third-order valence-corrected chi connectivity index (χ3v) is 3.25. The Balaban J connectivity index is 2.42. The van der Waals surface area contributed by atoms with Crippen molar-refractivity contribution in [2.45, 2.75) is 32.1 Å². The van der Waals surface area contributed by atoms with Gasteiger partial charge in [-0.3, -0.25) is 0 Å². The van der Waals surface area contributed by atoms with Gasteiger partial charge in [0, 0.05) is 17.0 Å². The lowest BCUT2D eigenvalue weighted by molar-refractivity contribution is 0.464. The molecule has 2 nitrogen and oxygen atoms in total. The smallest absolute Gasteiger partial charge is 0.0406 e. The molecule has 0 spiro atoms. The molecule has 0 aromatic heterocycles. The normalized spacial score (nSPS) is 11.8. The largest absolute Gasteiger partial charge is 0.330 e. The molecule has 0 aliphatic carbocycles. The van der Waals surface area contributed by atoms with Crippen LogP contribution in [0.1, 0.15) is 32.3 Å². The summed E-state index contributed by atoms with van der Waals surface area (Å²) in [4.78, 5) is 0. The number of hydrogen-bond acceptors (Lipinski definition) is 2. The fourth-order valence-electron chi connectivity index (χ4n) is 1.80. The average molecular weight is 255 g/mol. The van der Waals surface area contributed by atoms with Gasteiger partial charge in [-0.05, 0) is 43.6 Å². The minimum atomic E-state index is 0.132. The topological polar surface area (TPSA) is 38.0 Å². The fourth-order valence-corrected chi connectivity index (χ4v) is 1.92. The van der Waals surface area contributed by atoms with Gasteiger partial charge in [0.15, 0.2) is 0 Å². The number of unbranched alkanes of at least 4 members (excludes halogenated alkanes) is 1. The number of benzene rings is 1. The number of nitrogens with one attached hydrogen (secondary N) is 1. The maximum atomic E-state index is 5.90.